The lowest BCUT2D eigenvalue weighted by Crippen LogP contribution is -2.46. The van der Waals surface area contributed by atoms with Crippen LogP contribution in [-0.4, -0.2) is 36.6 Å². The first-order valence-corrected chi connectivity index (χ1v) is 12.0. The number of nitrogens with zero attached hydrogens (tertiary/aromatic N) is 2. The molecule has 0 spiro atoms. The summed E-state index contributed by atoms with van der Waals surface area (Å²) in [4.78, 5) is 23.7. The molecule has 0 aliphatic rings. The van der Waals surface area contributed by atoms with Gasteiger partial charge in [-0.05, 0) is 41.5 Å². The maximum atomic E-state index is 13.0. The molecule has 172 valence electrons. The number of amides is 2. The van der Waals surface area contributed by atoms with Crippen LogP contribution in [0.4, 0.5) is 0 Å². The van der Waals surface area contributed by atoms with Crippen LogP contribution in [0.25, 0.3) is 22.0 Å². The van der Waals surface area contributed by atoms with Crippen LogP contribution >= 0.6 is 0 Å². The lowest BCUT2D eigenvalue weighted by atomic mass is 9.94. The Hall–Kier alpha value is -3.64. The Morgan fingerprint density at radius 3 is 2.36 bits per heavy atom. The zero-order chi connectivity index (χ0) is 24.4. The van der Waals surface area contributed by atoms with Gasteiger partial charge in [-0.2, -0.15) is 5.26 Å². The van der Waals surface area contributed by atoms with Crippen LogP contribution in [-0.2, 0) is 26.5 Å². The van der Waals surface area contributed by atoms with Gasteiger partial charge in [0.1, 0.15) is 6.04 Å². The van der Waals surface area contributed by atoms with E-state index in [1.54, 1.807) is 18.2 Å². The largest absolute Gasteiger partial charge is 0.370 e. The van der Waals surface area contributed by atoms with E-state index in [0.717, 1.165) is 22.0 Å². The van der Waals surface area contributed by atoms with Crippen LogP contribution in [0.2, 0.25) is 0 Å². The molecule has 2 aromatic carbocycles. The summed E-state index contributed by atoms with van der Waals surface area (Å²) >= 11 is 0. The van der Waals surface area contributed by atoms with Gasteiger partial charge in [-0.3, -0.25) is 9.59 Å². The second-order valence-electron chi connectivity index (χ2n) is 8.69. The van der Waals surface area contributed by atoms with Gasteiger partial charge >= 0.3 is 0 Å². The molecule has 2 amide bonds. The maximum Gasteiger partial charge on any atom is 0.227 e. The van der Waals surface area contributed by atoms with Gasteiger partial charge < -0.3 is 15.6 Å². The SMILES string of the molecule is Cn1ccc2cc(-c3ccc(S(=O)(=O)CC(C)(C)C(=O)N[C@H](C#N)CC(N)=O)cc3)ccc21. The third-order valence-corrected chi connectivity index (χ3v) is 7.56. The third-order valence-electron chi connectivity index (χ3n) is 5.46. The molecule has 9 heteroatoms. The van der Waals surface area contributed by atoms with Crippen LogP contribution in [0.5, 0.6) is 0 Å². The van der Waals surface area contributed by atoms with Crippen LogP contribution in [0.3, 0.4) is 0 Å². The summed E-state index contributed by atoms with van der Waals surface area (Å²) in [5, 5.41) is 12.6. The molecule has 0 aliphatic carbocycles. The number of aromatic nitrogens is 1. The Morgan fingerprint density at radius 2 is 1.76 bits per heavy atom. The average molecular weight is 467 g/mol. The van der Waals surface area contributed by atoms with Gasteiger partial charge in [-0.1, -0.05) is 32.0 Å². The normalized spacial score (nSPS) is 12.8. The van der Waals surface area contributed by atoms with E-state index in [-0.39, 0.29) is 11.3 Å². The smallest absolute Gasteiger partial charge is 0.227 e. The summed E-state index contributed by atoms with van der Waals surface area (Å²) in [5.74, 6) is -1.85. The number of rotatable bonds is 8. The predicted molar refractivity (Wildman–Crippen MR) is 126 cm³/mol. The zero-order valence-corrected chi connectivity index (χ0v) is 19.5. The molecule has 1 aromatic heterocycles. The van der Waals surface area contributed by atoms with Crippen molar-refractivity contribution in [1.29, 1.82) is 5.26 Å². The number of primary amides is 1. The van der Waals surface area contributed by atoms with Crippen molar-refractivity contribution in [2.75, 3.05) is 5.75 Å². The molecule has 1 heterocycles. The van der Waals surface area contributed by atoms with E-state index in [4.69, 9.17) is 11.0 Å². The molecule has 3 N–H and O–H groups in total. The van der Waals surface area contributed by atoms with Gasteiger partial charge in [0, 0.05) is 24.1 Å². The first-order valence-electron chi connectivity index (χ1n) is 10.3. The van der Waals surface area contributed by atoms with Crippen molar-refractivity contribution >= 4 is 32.6 Å². The van der Waals surface area contributed by atoms with Crippen LogP contribution < -0.4 is 11.1 Å². The molecule has 0 unspecified atom stereocenters. The fraction of sp³-hybridized carbons (Fsp3) is 0.292. The Bertz CT molecular complexity index is 1350. The quantitative estimate of drug-likeness (QED) is 0.526. The second-order valence-corrected chi connectivity index (χ2v) is 10.7. The lowest BCUT2D eigenvalue weighted by molar-refractivity contribution is -0.129. The third kappa shape index (κ3) is 5.41. The van der Waals surface area contributed by atoms with Crippen molar-refractivity contribution < 1.29 is 18.0 Å². The standard InChI is InChI=1S/C24H26N4O4S/c1-24(2,23(30)27-19(14-25)13-22(26)29)15-33(31,32)20-7-4-16(5-8-20)17-6-9-21-18(12-17)10-11-28(21)3/h4-12,19H,13,15H2,1-3H3,(H2,26,29)(H,27,30)/t19-/m0/s1. The molecule has 3 rings (SSSR count). The van der Waals surface area contributed by atoms with Gasteiger partial charge in [-0.15, -0.1) is 0 Å². The minimum Gasteiger partial charge on any atom is -0.370 e. The van der Waals surface area contributed by atoms with Crippen molar-refractivity contribution in [2.45, 2.75) is 31.2 Å². The summed E-state index contributed by atoms with van der Waals surface area (Å²) in [6, 6.07) is 15.3. The van der Waals surface area contributed by atoms with E-state index in [2.05, 4.69) is 5.32 Å². The highest BCUT2D eigenvalue weighted by atomic mass is 32.2. The van der Waals surface area contributed by atoms with E-state index in [1.807, 2.05) is 42.1 Å². The minimum atomic E-state index is -3.80. The van der Waals surface area contributed by atoms with E-state index in [1.165, 1.54) is 26.0 Å². The first-order chi connectivity index (χ1) is 15.4. The number of sulfone groups is 1. The number of benzene rings is 2. The first kappa shape index (κ1) is 24.0. The van der Waals surface area contributed by atoms with E-state index in [0.29, 0.717) is 0 Å². The Morgan fingerprint density at radius 1 is 1.12 bits per heavy atom. The van der Waals surface area contributed by atoms with Crippen LogP contribution in [0.1, 0.15) is 20.3 Å². The summed E-state index contributed by atoms with van der Waals surface area (Å²) in [5.41, 5.74) is 6.69. The summed E-state index contributed by atoms with van der Waals surface area (Å²) in [6.07, 6.45) is 1.63. The molecule has 0 fully saturated rings. The number of hydrogen-bond acceptors (Lipinski definition) is 5. The molecule has 33 heavy (non-hydrogen) atoms. The van der Waals surface area contributed by atoms with E-state index in [9.17, 15) is 18.0 Å². The number of nitrogens with two attached hydrogens (primary N) is 1. The summed E-state index contributed by atoms with van der Waals surface area (Å²) in [7, 11) is -1.82. The topological polar surface area (TPSA) is 135 Å². The fourth-order valence-electron chi connectivity index (χ4n) is 3.62. The number of aryl methyl sites for hydroxylation is 1. The molecule has 3 aromatic rings. The van der Waals surface area contributed by atoms with Crippen LogP contribution in [0, 0.1) is 16.7 Å². The maximum absolute atomic E-state index is 13.0. The number of hydrogen-bond donors (Lipinski definition) is 2. The number of carbonyl (C=O) groups is 2. The Balaban J connectivity index is 1.77. The molecule has 0 bridgehead atoms. The monoisotopic (exact) mass is 466 g/mol. The molecule has 0 saturated heterocycles. The van der Waals surface area contributed by atoms with Crippen molar-refractivity contribution in [3.05, 3.63) is 54.7 Å². The van der Waals surface area contributed by atoms with Gasteiger partial charge in [0.05, 0.1) is 28.6 Å². The van der Waals surface area contributed by atoms with Gasteiger partial charge in [-0.25, -0.2) is 8.42 Å². The molecular formula is C24H26N4O4S. The van der Waals surface area contributed by atoms with Gasteiger partial charge in [0.25, 0.3) is 0 Å². The number of fused-ring (bicyclic) bond motifs is 1. The van der Waals surface area contributed by atoms with Crippen molar-refractivity contribution in [3.8, 4) is 17.2 Å². The molecule has 0 saturated carbocycles. The second kappa shape index (κ2) is 9.08. The average Bonchev–Trinajstić information content (AvgIpc) is 3.12. The number of carbonyl (C=O) groups excluding carboxylic acids is 2. The van der Waals surface area contributed by atoms with Crippen molar-refractivity contribution in [2.24, 2.45) is 18.2 Å². The van der Waals surface area contributed by atoms with Gasteiger partial charge in [0.2, 0.25) is 11.8 Å². The van der Waals surface area contributed by atoms with E-state index < -0.39 is 38.9 Å². The Labute approximate surface area is 192 Å². The number of nitriles is 1. The number of nitrogens with one attached hydrogen (secondary N) is 1. The molecule has 0 radical (unpaired) electrons. The van der Waals surface area contributed by atoms with Crippen LogP contribution in [0.15, 0.2) is 59.6 Å². The highest BCUT2D eigenvalue weighted by Crippen LogP contribution is 2.28. The van der Waals surface area contributed by atoms with Crippen molar-refractivity contribution in [3.63, 3.8) is 0 Å². The molecule has 8 nitrogen and oxygen atoms in total. The Kier molecular flexibility index (Phi) is 6.60. The molecular weight excluding hydrogens is 440 g/mol. The predicted octanol–water partition coefficient (Wildman–Crippen LogP) is 2.53. The highest BCUT2D eigenvalue weighted by Gasteiger charge is 2.35. The van der Waals surface area contributed by atoms with Crippen molar-refractivity contribution in [1.82, 2.24) is 9.88 Å². The fourth-order valence-corrected chi connectivity index (χ4v) is 5.42. The minimum absolute atomic E-state index is 0.0990. The lowest BCUT2D eigenvalue weighted by Gasteiger charge is -2.24. The summed E-state index contributed by atoms with van der Waals surface area (Å²) in [6.45, 7) is 2.95. The highest BCUT2D eigenvalue weighted by molar-refractivity contribution is 7.91. The van der Waals surface area contributed by atoms with Gasteiger partial charge in [0.15, 0.2) is 9.84 Å². The zero-order valence-electron chi connectivity index (χ0n) is 18.7. The summed E-state index contributed by atoms with van der Waals surface area (Å²) < 4.78 is 28.0. The molecule has 1 atom stereocenters. The van der Waals surface area contributed by atoms with E-state index >= 15 is 0 Å². The molecule has 0 aliphatic heterocycles.